The summed E-state index contributed by atoms with van der Waals surface area (Å²) in [6, 6.07) is 16.5. The number of halogens is 1. The number of nitrogens with zero attached hydrogens (tertiary/aromatic N) is 1. The summed E-state index contributed by atoms with van der Waals surface area (Å²) in [4.78, 5) is 4.48. The maximum Gasteiger partial charge on any atom is 0.123 e. The molecule has 0 amide bonds. The van der Waals surface area contributed by atoms with Gasteiger partial charge >= 0.3 is 0 Å². The molecule has 0 bridgehead atoms. The van der Waals surface area contributed by atoms with Gasteiger partial charge in [-0.3, -0.25) is 4.98 Å². The lowest BCUT2D eigenvalue weighted by molar-refractivity contribution is 0.622. The number of hydrogen-bond donors (Lipinski definition) is 1. The SMILES string of the molecule is Cc1ccc2cc(C(N)Cc3cccc(F)c3)ccc2n1. The number of pyridine rings is 1. The van der Waals surface area contributed by atoms with Crippen LogP contribution in [0.15, 0.2) is 54.6 Å². The van der Waals surface area contributed by atoms with Crippen molar-refractivity contribution in [1.29, 1.82) is 0 Å². The van der Waals surface area contributed by atoms with Crippen LogP contribution >= 0.6 is 0 Å². The lowest BCUT2D eigenvalue weighted by Crippen LogP contribution is -2.13. The number of hydrogen-bond acceptors (Lipinski definition) is 2. The van der Waals surface area contributed by atoms with Gasteiger partial charge in [0.2, 0.25) is 0 Å². The third-order valence-corrected chi connectivity index (χ3v) is 3.63. The number of aromatic nitrogens is 1. The van der Waals surface area contributed by atoms with Crippen molar-refractivity contribution in [3.05, 3.63) is 77.2 Å². The second kappa shape index (κ2) is 5.62. The monoisotopic (exact) mass is 280 g/mol. The number of benzene rings is 2. The van der Waals surface area contributed by atoms with E-state index in [9.17, 15) is 4.39 Å². The average Bonchev–Trinajstić information content (AvgIpc) is 2.46. The van der Waals surface area contributed by atoms with Gasteiger partial charge in [0.25, 0.3) is 0 Å². The Hall–Kier alpha value is -2.26. The minimum atomic E-state index is -0.224. The minimum Gasteiger partial charge on any atom is -0.324 e. The molecule has 21 heavy (non-hydrogen) atoms. The van der Waals surface area contributed by atoms with E-state index in [1.165, 1.54) is 12.1 Å². The molecule has 106 valence electrons. The van der Waals surface area contributed by atoms with Gasteiger partial charge in [0.1, 0.15) is 5.82 Å². The Morgan fingerprint density at radius 2 is 1.95 bits per heavy atom. The number of rotatable bonds is 3. The van der Waals surface area contributed by atoms with Gasteiger partial charge < -0.3 is 5.73 Å². The van der Waals surface area contributed by atoms with Crippen LogP contribution in [0.25, 0.3) is 10.9 Å². The molecular formula is C18H17FN2. The molecule has 0 spiro atoms. The smallest absolute Gasteiger partial charge is 0.123 e. The van der Waals surface area contributed by atoms with Crippen LogP contribution in [0.5, 0.6) is 0 Å². The van der Waals surface area contributed by atoms with Gasteiger partial charge in [-0.2, -0.15) is 0 Å². The zero-order valence-electron chi connectivity index (χ0n) is 11.9. The van der Waals surface area contributed by atoms with Gasteiger partial charge in [0.05, 0.1) is 5.52 Å². The van der Waals surface area contributed by atoms with E-state index in [4.69, 9.17) is 5.73 Å². The molecular weight excluding hydrogens is 263 g/mol. The van der Waals surface area contributed by atoms with Crippen molar-refractivity contribution in [2.45, 2.75) is 19.4 Å². The van der Waals surface area contributed by atoms with Crippen molar-refractivity contribution in [1.82, 2.24) is 4.98 Å². The maximum atomic E-state index is 13.2. The van der Waals surface area contributed by atoms with Crippen LogP contribution in [0, 0.1) is 12.7 Å². The third-order valence-electron chi connectivity index (χ3n) is 3.63. The topological polar surface area (TPSA) is 38.9 Å². The largest absolute Gasteiger partial charge is 0.324 e. The van der Waals surface area contributed by atoms with E-state index in [-0.39, 0.29) is 11.9 Å². The van der Waals surface area contributed by atoms with Gasteiger partial charge in [-0.15, -0.1) is 0 Å². The van der Waals surface area contributed by atoms with E-state index >= 15 is 0 Å². The molecule has 0 aliphatic carbocycles. The van der Waals surface area contributed by atoms with E-state index in [1.54, 1.807) is 6.07 Å². The Bertz CT molecular complexity index is 783. The second-order valence-electron chi connectivity index (χ2n) is 5.35. The minimum absolute atomic E-state index is 0.155. The van der Waals surface area contributed by atoms with Crippen LogP contribution < -0.4 is 5.73 Å². The van der Waals surface area contributed by atoms with Crippen LogP contribution in [0.1, 0.15) is 22.9 Å². The number of aryl methyl sites for hydroxylation is 1. The first-order chi connectivity index (χ1) is 10.1. The fraction of sp³-hybridized carbons (Fsp3) is 0.167. The van der Waals surface area contributed by atoms with Crippen LogP contribution in [0.2, 0.25) is 0 Å². The van der Waals surface area contributed by atoms with E-state index in [0.29, 0.717) is 6.42 Å². The lowest BCUT2D eigenvalue weighted by Gasteiger charge is -2.13. The Morgan fingerprint density at radius 1 is 1.10 bits per heavy atom. The summed E-state index contributed by atoms with van der Waals surface area (Å²) in [7, 11) is 0. The average molecular weight is 280 g/mol. The van der Waals surface area contributed by atoms with Crippen LogP contribution in [-0.2, 0) is 6.42 Å². The summed E-state index contributed by atoms with van der Waals surface area (Å²) in [5.74, 6) is -0.224. The van der Waals surface area contributed by atoms with E-state index < -0.39 is 0 Å². The van der Waals surface area contributed by atoms with E-state index in [0.717, 1.165) is 27.7 Å². The third kappa shape index (κ3) is 3.09. The predicted octanol–water partition coefficient (Wildman–Crippen LogP) is 3.92. The molecule has 3 aromatic rings. The predicted molar refractivity (Wildman–Crippen MR) is 83.5 cm³/mol. The first kappa shape index (κ1) is 13.7. The molecule has 0 saturated heterocycles. The van der Waals surface area contributed by atoms with Gasteiger partial charge in [0.15, 0.2) is 0 Å². The van der Waals surface area contributed by atoms with Gasteiger partial charge in [0, 0.05) is 17.1 Å². The van der Waals surface area contributed by atoms with Crippen molar-refractivity contribution in [2.24, 2.45) is 5.73 Å². The normalized spacial score (nSPS) is 12.5. The molecule has 0 aliphatic heterocycles. The number of nitrogens with two attached hydrogens (primary N) is 1. The Morgan fingerprint density at radius 3 is 2.76 bits per heavy atom. The lowest BCUT2D eigenvalue weighted by atomic mass is 9.98. The van der Waals surface area contributed by atoms with Crippen molar-refractivity contribution in [3.63, 3.8) is 0 Å². The summed E-state index contributed by atoms with van der Waals surface area (Å²) in [6.45, 7) is 1.98. The van der Waals surface area contributed by atoms with Crippen LogP contribution in [0.3, 0.4) is 0 Å². The summed E-state index contributed by atoms with van der Waals surface area (Å²) < 4.78 is 13.2. The molecule has 0 fully saturated rings. The molecule has 0 aliphatic rings. The highest BCUT2D eigenvalue weighted by atomic mass is 19.1. The molecule has 1 atom stereocenters. The molecule has 1 unspecified atom stereocenters. The zero-order chi connectivity index (χ0) is 14.8. The summed E-state index contributed by atoms with van der Waals surface area (Å²) in [5, 5.41) is 1.08. The summed E-state index contributed by atoms with van der Waals surface area (Å²) in [6.07, 6.45) is 0.614. The first-order valence-corrected chi connectivity index (χ1v) is 6.99. The molecule has 0 saturated carbocycles. The van der Waals surface area contributed by atoms with Crippen LogP contribution in [0.4, 0.5) is 4.39 Å². The van der Waals surface area contributed by atoms with Gasteiger partial charge in [-0.05, 0) is 54.8 Å². The second-order valence-corrected chi connectivity index (χ2v) is 5.35. The van der Waals surface area contributed by atoms with Crippen molar-refractivity contribution in [3.8, 4) is 0 Å². The highest BCUT2D eigenvalue weighted by Gasteiger charge is 2.09. The summed E-state index contributed by atoms with van der Waals surface area (Å²) in [5.41, 5.74) is 10.2. The fourth-order valence-corrected chi connectivity index (χ4v) is 2.51. The Kier molecular flexibility index (Phi) is 3.67. The molecule has 1 heterocycles. The fourth-order valence-electron chi connectivity index (χ4n) is 2.51. The molecule has 3 heteroatoms. The molecule has 2 aromatic carbocycles. The van der Waals surface area contributed by atoms with E-state index in [1.807, 2.05) is 31.2 Å². The maximum absolute atomic E-state index is 13.2. The van der Waals surface area contributed by atoms with Crippen LogP contribution in [-0.4, -0.2) is 4.98 Å². The zero-order valence-corrected chi connectivity index (χ0v) is 11.9. The van der Waals surface area contributed by atoms with Crippen molar-refractivity contribution >= 4 is 10.9 Å². The molecule has 2 nitrogen and oxygen atoms in total. The quantitative estimate of drug-likeness (QED) is 0.789. The van der Waals surface area contributed by atoms with Crippen molar-refractivity contribution < 1.29 is 4.39 Å². The van der Waals surface area contributed by atoms with E-state index in [2.05, 4.69) is 17.1 Å². The number of fused-ring (bicyclic) bond motifs is 1. The highest BCUT2D eigenvalue weighted by Crippen LogP contribution is 2.21. The molecule has 2 N–H and O–H groups in total. The Balaban J connectivity index is 1.87. The summed E-state index contributed by atoms with van der Waals surface area (Å²) >= 11 is 0. The molecule has 1 aromatic heterocycles. The Labute approximate surface area is 123 Å². The molecule has 0 radical (unpaired) electrons. The van der Waals surface area contributed by atoms with Gasteiger partial charge in [-0.25, -0.2) is 4.39 Å². The van der Waals surface area contributed by atoms with Gasteiger partial charge in [-0.1, -0.05) is 24.3 Å². The first-order valence-electron chi connectivity index (χ1n) is 6.99. The molecule has 3 rings (SSSR count). The standard InChI is InChI=1S/C18H17FN2/c1-12-5-6-15-11-14(7-8-18(15)21-12)17(20)10-13-3-2-4-16(19)9-13/h2-9,11,17H,10,20H2,1H3. The highest BCUT2D eigenvalue weighted by molar-refractivity contribution is 5.79. The van der Waals surface area contributed by atoms with Crippen molar-refractivity contribution in [2.75, 3.05) is 0 Å².